The van der Waals surface area contributed by atoms with E-state index in [9.17, 15) is 19.8 Å². The average Bonchev–Trinajstić information content (AvgIpc) is 3.67. The van der Waals surface area contributed by atoms with Gasteiger partial charge < -0.3 is 30.3 Å². The van der Waals surface area contributed by atoms with Crippen LogP contribution in [0.15, 0.2) is 102 Å². The summed E-state index contributed by atoms with van der Waals surface area (Å²) in [6, 6.07) is 30.7. The van der Waals surface area contributed by atoms with Gasteiger partial charge in [0.15, 0.2) is 6.29 Å². The number of aromatic nitrogens is 4. The topological polar surface area (TPSA) is 161 Å². The van der Waals surface area contributed by atoms with Gasteiger partial charge in [-0.3, -0.25) is 9.59 Å². The van der Waals surface area contributed by atoms with Crippen LogP contribution in [-0.2, 0) is 32.2 Å². The maximum atomic E-state index is 12.6. The Balaban J connectivity index is 1.14. The van der Waals surface area contributed by atoms with E-state index in [1.165, 1.54) is 18.7 Å². The highest BCUT2D eigenvalue weighted by Crippen LogP contribution is 2.43. The molecule has 282 valence electrons. The molecule has 1 aliphatic rings. The van der Waals surface area contributed by atoms with Crippen LogP contribution in [0.3, 0.4) is 0 Å². The number of hydrogen-bond donors (Lipinski definition) is 4. The lowest BCUT2D eigenvalue weighted by Gasteiger charge is -2.41. The van der Waals surface area contributed by atoms with Crippen LogP contribution >= 0.6 is 11.8 Å². The third-order valence-electron chi connectivity index (χ3n) is 9.48. The summed E-state index contributed by atoms with van der Waals surface area (Å²) in [6.45, 7) is 4.63. The number of carbonyl (C=O) groups is 2. The molecule has 13 heteroatoms. The third kappa shape index (κ3) is 10.1. The second-order valence-corrected chi connectivity index (χ2v) is 14.4. The van der Waals surface area contributed by atoms with Crippen LogP contribution in [0.5, 0.6) is 5.75 Å². The van der Waals surface area contributed by atoms with E-state index in [0.29, 0.717) is 30.4 Å². The van der Waals surface area contributed by atoms with Gasteiger partial charge in [-0.25, -0.2) is 0 Å². The molecular weight excluding hydrogens is 705 g/mol. The minimum Gasteiger partial charge on any atom is -0.508 e. The van der Waals surface area contributed by atoms with E-state index in [4.69, 9.17) is 9.47 Å². The van der Waals surface area contributed by atoms with Crippen molar-refractivity contribution in [1.29, 1.82) is 0 Å². The van der Waals surface area contributed by atoms with Crippen molar-refractivity contribution in [3.8, 4) is 22.6 Å². The minimum atomic E-state index is -0.649. The summed E-state index contributed by atoms with van der Waals surface area (Å²) in [5.41, 5.74) is 6.48. The lowest BCUT2D eigenvalue weighted by Crippen LogP contribution is -2.38. The van der Waals surface area contributed by atoms with Crippen molar-refractivity contribution in [3.63, 3.8) is 0 Å². The summed E-state index contributed by atoms with van der Waals surface area (Å²) in [5.74, 6) is 0.655. The molecule has 5 aromatic rings. The normalized spacial score (nSPS) is 18.3. The Kier molecular flexibility index (Phi) is 13.4. The molecule has 0 radical (unpaired) electrons. The van der Waals surface area contributed by atoms with Crippen LogP contribution < -0.4 is 10.6 Å². The van der Waals surface area contributed by atoms with Gasteiger partial charge in [0, 0.05) is 43.7 Å². The van der Waals surface area contributed by atoms with Crippen molar-refractivity contribution in [2.45, 2.75) is 76.3 Å². The number of aromatic hydroxyl groups is 1. The van der Waals surface area contributed by atoms with E-state index >= 15 is 0 Å². The monoisotopic (exact) mass is 750 g/mol. The number of aliphatic hydroxyl groups excluding tert-OH is 1. The van der Waals surface area contributed by atoms with Crippen molar-refractivity contribution in [2.75, 3.05) is 12.3 Å². The highest BCUT2D eigenvalue weighted by molar-refractivity contribution is 7.99. The number of carbonyl (C=O) groups excluding carboxylic acids is 2. The first-order chi connectivity index (χ1) is 26.3. The average molecular weight is 751 g/mol. The van der Waals surface area contributed by atoms with E-state index in [-0.39, 0.29) is 42.3 Å². The van der Waals surface area contributed by atoms with Crippen LogP contribution in [0.4, 0.5) is 0 Å². The molecule has 54 heavy (non-hydrogen) atoms. The van der Waals surface area contributed by atoms with E-state index in [0.717, 1.165) is 58.3 Å². The fourth-order valence-corrected chi connectivity index (χ4v) is 7.46. The van der Waals surface area contributed by atoms with Crippen LogP contribution in [0.2, 0.25) is 0 Å². The SMILES string of the molecule is CC(=O)NCCCCCC(=O)NCc1ccccc1-c1ccc([C@@H]2O[C@H](CSc3nnnn3-c3ccc(O)cc3)[C@H](C)[C@H](c3ccc(CO)cc3)O2)cc1. The highest BCUT2D eigenvalue weighted by atomic mass is 32.2. The molecule has 0 unspecified atom stereocenters. The maximum Gasteiger partial charge on any atom is 0.220 e. The molecule has 1 aliphatic heterocycles. The lowest BCUT2D eigenvalue weighted by molar-refractivity contribution is -0.268. The van der Waals surface area contributed by atoms with Crippen molar-refractivity contribution in [3.05, 3.63) is 119 Å². The largest absolute Gasteiger partial charge is 0.508 e. The number of ether oxygens (including phenoxy) is 2. The molecule has 4 atom stereocenters. The van der Waals surface area contributed by atoms with E-state index in [1.54, 1.807) is 28.9 Å². The Bertz CT molecular complexity index is 1970. The standard InChI is InChI=1S/C41H46N6O6S/c1-27-37(26-54-41-44-45-46-47(41)34-19-21-35(50)22-20-34)52-40(53-39(27)31-13-11-29(25-48)12-14-31)32-17-15-30(16-18-32)36-9-6-5-8-33(36)24-43-38(51)10-4-3-7-23-42-28(2)49/h5-6,8-9,11-22,27,37,39-40,48,50H,3-4,7,10,23-26H2,1-2H3,(H,42,49)(H,43,51)/t27-,37+,39+,40+/m0/s1. The Morgan fingerprint density at radius 2 is 1.61 bits per heavy atom. The summed E-state index contributed by atoms with van der Waals surface area (Å²) in [5, 5.41) is 38.1. The summed E-state index contributed by atoms with van der Waals surface area (Å²) in [7, 11) is 0. The van der Waals surface area contributed by atoms with Crippen molar-refractivity contribution < 1.29 is 29.3 Å². The number of aliphatic hydroxyl groups is 1. The summed E-state index contributed by atoms with van der Waals surface area (Å²) >= 11 is 1.49. The van der Waals surface area contributed by atoms with Gasteiger partial charge in [0.25, 0.3) is 0 Å². The molecular formula is C41H46N6O6S. The minimum absolute atomic E-state index is 0.00521. The molecule has 0 bridgehead atoms. The predicted octanol–water partition coefficient (Wildman–Crippen LogP) is 6.42. The second kappa shape index (κ2) is 18.8. The predicted molar refractivity (Wildman–Crippen MR) is 205 cm³/mol. The molecule has 0 spiro atoms. The van der Waals surface area contributed by atoms with Crippen LogP contribution in [-0.4, -0.2) is 60.6 Å². The van der Waals surface area contributed by atoms with Crippen LogP contribution in [0.25, 0.3) is 16.8 Å². The van der Waals surface area contributed by atoms with Gasteiger partial charge in [-0.15, -0.1) is 5.10 Å². The fourth-order valence-electron chi connectivity index (χ4n) is 6.40. The number of phenolic OH excluding ortho intramolecular Hbond substituents is 1. The number of nitrogens with one attached hydrogen (secondary N) is 2. The molecule has 1 fully saturated rings. The summed E-state index contributed by atoms with van der Waals surface area (Å²) in [4.78, 5) is 23.6. The van der Waals surface area contributed by atoms with Crippen LogP contribution in [0, 0.1) is 5.92 Å². The highest BCUT2D eigenvalue weighted by Gasteiger charge is 2.38. The fraction of sp³-hybridized carbons (Fsp3) is 0.341. The number of rotatable bonds is 16. The molecule has 4 N–H and O–H groups in total. The van der Waals surface area contributed by atoms with E-state index in [2.05, 4.69) is 51.3 Å². The van der Waals surface area contributed by atoms with E-state index in [1.807, 2.05) is 54.6 Å². The summed E-state index contributed by atoms with van der Waals surface area (Å²) < 4.78 is 15.0. The molecule has 2 amide bonds. The number of hydrogen-bond acceptors (Lipinski definition) is 10. The first-order valence-corrected chi connectivity index (χ1v) is 19.2. The van der Waals surface area contributed by atoms with Crippen molar-refractivity contribution in [2.24, 2.45) is 5.92 Å². The van der Waals surface area contributed by atoms with Gasteiger partial charge in [0.1, 0.15) is 5.75 Å². The molecule has 0 saturated carbocycles. The first-order valence-electron chi connectivity index (χ1n) is 18.2. The Morgan fingerprint density at radius 1 is 0.870 bits per heavy atom. The van der Waals surface area contributed by atoms with Crippen molar-refractivity contribution in [1.82, 2.24) is 30.8 Å². The molecule has 2 heterocycles. The smallest absolute Gasteiger partial charge is 0.220 e. The molecule has 4 aromatic carbocycles. The molecule has 0 aliphatic carbocycles. The number of thioether (sulfide) groups is 1. The zero-order valence-corrected chi connectivity index (χ0v) is 31.2. The van der Waals surface area contributed by atoms with Gasteiger partial charge in [-0.1, -0.05) is 97.9 Å². The number of nitrogens with zero attached hydrogens (tertiary/aromatic N) is 4. The number of tetrazole rings is 1. The number of benzene rings is 4. The molecule has 1 aromatic heterocycles. The van der Waals surface area contributed by atoms with Crippen molar-refractivity contribution >= 4 is 23.6 Å². The van der Waals surface area contributed by atoms with Gasteiger partial charge in [0.2, 0.25) is 17.0 Å². The van der Waals surface area contributed by atoms with Gasteiger partial charge in [0.05, 0.1) is 24.5 Å². The van der Waals surface area contributed by atoms with Crippen LogP contribution in [0.1, 0.15) is 74.2 Å². The second-order valence-electron chi connectivity index (χ2n) is 13.4. The zero-order chi connectivity index (χ0) is 37.9. The third-order valence-corrected chi connectivity index (χ3v) is 10.5. The molecule has 6 rings (SSSR count). The molecule has 1 saturated heterocycles. The Hall–Kier alpha value is -5.08. The molecule has 12 nitrogen and oxygen atoms in total. The van der Waals surface area contributed by atoms with Gasteiger partial charge >= 0.3 is 0 Å². The number of phenols is 1. The Morgan fingerprint density at radius 3 is 2.35 bits per heavy atom. The Labute approximate surface area is 319 Å². The summed E-state index contributed by atoms with van der Waals surface area (Å²) in [6.07, 6.45) is 1.78. The number of unbranched alkanes of at least 4 members (excludes halogenated alkanes) is 2. The van der Waals surface area contributed by atoms with Gasteiger partial charge in [-0.05, 0) is 75.4 Å². The quantitative estimate of drug-likeness (QED) is 0.0654. The van der Waals surface area contributed by atoms with E-state index < -0.39 is 6.29 Å². The maximum absolute atomic E-state index is 12.6. The first kappa shape index (κ1) is 38.6. The number of amides is 2. The zero-order valence-electron chi connectivity index (χ0n) is 30.4. The lowest BCUT2D eigenvalue weighted by atomic mass is 9.91. The van der Waals surface area contributed by atoms with Gasteiger partial charge in [-0.2, -0.15) is 4.68 Å².